The Kier molecular flexibility index (Phi) is 6.82. The van der Waals surface area contributed by atoms with Crippen LogP contribution in [0.2, 0.25) is 5.02 Å². The Morgan fingerprint density at radius 1 is 1.16 bits per heavy atom. The molecule has 0 amide bonds. The van der Waals surface area contributed by atoms with Crippen LogP contribution < -0.4 is 4.74 Å². The van der Waals surface area contributed by atoms with Crippen LogP contribution >= 0.6 is 11.6 Å². The van der Waals surface area contributed by atoms with Crippen molar-refractivity contribution in [1.29, 1.82) is 0 Å². The van der Waals surface area contributed by atoms with E-state index in [0.29, 0.717) is 11.5 Å². The lowest BCUT2D eigenvalue weighted by Gasteiger charge is -2.16. The largest absolute Gasteiger partial charge is 0.457 e. The van der Waals surface area contributed by atoms with Gasteiger partial charge in [-0.05, 0) is 62.6 Å². The van der Waals surface area contributed by atoms with Gasteiger partial charge in [-0.2, -0.15) is 0 Å². The Bertz CT molecular complexity index is 762. The number of rotatable bonds is 7. The van der Waals surface area contributed by atoms with Crippen LogP contribution in [0.15, 0.2) is 35.3 Å². The molecule has 2 aromatic rings. The lowest BCUT2D eigenvalue weighted by atomic mass is 10.1. The first-order valence-corrected chi connectivity index (χ1v) is 8.84. The molecular weight excluding hydrogens is 339 g/mol. The molecule has 25 heavy (non-hydrogen) atoms. The second kappa shape index (κ2) is 8.86. The zero-order chi connectivity index (χ0) is 18.4. The molecule has 0 aliphatic heterocycles. The van der Waals surface area contributed by atoms with Crippen molar-refractivity contribution in [3.63, 3.8) is 0 Å². The number of hydrogen-bond donors (Lipinski definition) is 0. The molecule has 0 radical (unpaired) electrons. The van der Waals surface area contributed by atoms with Crippen molar-refractivity contribution in [2.75, 3.05) is 13.1 Å². The van der Waals surface area contributed by atoms with E-state index in [-0.39, 0.29) is 5.02 Å². The van der Waals surface area contributed by atoms with Crippen LogP contribution in [0.4, 0.5) is 10.1 Å². The first-order valence-electron chi connectivity index (χ1n) is 8.47. The Morgan fingerprint density at radius 3 is 2.56 bits per heavy atom. The summed E-state index contributed by atoms with van der Waals surface area (Å²) >= 11 is 5.81. The van der Waals surface area contributed by atoms with Crippen LogP contribution in [-0.4, -0.2) is 24.3 Å². The van der Waals surface area contributed by atoms with Gasteiger partial charge in [0.1, 0.15) is 17.3 Å². The molecule has 2 rings (SSSR count). The van der Waals surface area contributed by atoms with Gasteiger partial charge in [0.05, 0.1) is 17.0 Å². The summed E-state index contributed by atoms with van der Waals surface area (Å²) in [6, 6.07) is 8.26. The van der Waals surface area contributed by atoms with Gasteiger partial charge in [0.15, 0.2) is 0 Å². The molecule has 0 heterocycles. The number of nitrogens with zero attached hydrogens (tertiary/aromatic N) is 2. The minimum absolute atomic E-state index is 0.0451. The highest BCUT2D eigenvalue weighted by atomic mass is 35.5. The van der Waals surface area contributed by atoms with Crippen LogP contribution in [0, 0.1) is 19.7 Å². The lowest BCUT2D eigenvalue weighted by Crippen LogP contribution is -2.21. The molecule has 0 unspecified atom stereocenters. The molecule has 0 aliphatic carbocycles. The van der Waals surface area contributed by atoms with Gasteiger partial charge < -0.3 is 9.64 Å². The smallest absolute Gasteiger partial charge is 0.142 e. The predicted molar refractivity (Wildman–Crippen MR) is 103 cm³/mol. The summed E-state index contributed by atoms with van der Waals surface area (Å²) in [7, 11) is 0. The van der Waals surface area contributed by atoms with Gasteiger partial charge in [-0.3, -0.25) is 0 Å². The predicted octanol–water partition coefficient (Wildman–Crippen LogP) is 6.28. The first-order chi connectivity index (χ1) is 11.9. The molecule has 0 fully saturated rings. The highest BCUT2D eigenvalue weighted by Crippen LogP contribution is 2.32. The molecule has 0 atom stereocenters. The maximum absolute atomic E-state index is 13.3. The maximum atomic E-state index is 13.3. The Labute approximate surface area is 154 Å². The highest BCUT2D eigenvalue weighted by Gasteiger charge is 2.08. The number of halogens is 2. The van der Waals surface area contributed by atoms with Gasteiger partial charge >= 0.3 is 0 Å². The fourth-order valence-electron chi connectivity index (χ4n) is 2.42. The van der Waals surface area contributed by atoms with E-state index in [1.807, 2.05) is 32.3 Å². The van der Waals surface area contributed by atoms with E-state index in [1.54, 1.807) is 6.07 Å². The minimum atomic E-state index is -0.459. The van der Waals surface area contributed by atoms with Crippen LogP contribution in [0.3, 0.4) is 0 Å². The fraction of sp³-hybridized carbons (Fsp3) is 0.350. The third-order valence-electron chi connectivity index (χ3n) is 3.89. The Balaban J connectivity index is 2.21. The van der Waals surface area contributed by atoms with Crippen molar-refractivity contribution >= 4 is 23.6 Å². The van der Waals surface area contributed by atoms with Crippen LogP contribution in [0.1, 0.15) is 31.4 Å². The molecule has 0 spiro atoms. The summed E-state index contributed by atoms with van der Waals surface area (Å²) in [6.45, 7) is 10.1. The zero-order valence-corrected chi connectivity index (χ0v) is 15.9. The van der Waals surface area contributed by atoms with Crippen molar-refractivity contribution in [1.82, 2.24) is 4.90 Å². The molecule has 0 aromatic heterocycles. The van der Waals surface area contributed by atoms with Gasteiger partial charge in [-0.25, -0.2) is 9.38 Å². The molecular formula is C20H24ClFN2O. The second-order valence-corrected chi connectivity index (χ2v) is 6.36. The van der Waals surface area contributed by atoms with Crippen molar-refractivity contribution in [2.45, 2.75) is 34.1 Å². The van der Waals surface area contributed by atoms with Gasteiger partial charge in [-0.15, -0.1) is 0 Å². The van der Waals surface area contributed by atoms with Gasteiger partial charge in [0, 0.05) is 19.2 Å². The second-order valence-electron chi connectivity index (χ2n) is 5.96. The normalized spacial score (nSPS) is 11.1. The van der Waals surface area contributed by atoms with E-state index in [0.717, 1.165) is 36.3 Å². The number of aliphatic imine (C=N–C) groups is 1. The summed E-state index contributed by atoms with van der Waals surface area (Å²) in [5.41, 5.74) is 2.88. The van der Waals surface area contributed by atoms with E-state index in [9.17, 15) is 4.39 Å². The summed E-state index contributed by atoms with van der Waals surface area (Å²) in [4.78, 5) is 6.79. The molecule has 3 nitrogen and oxygen atoms in total. The van der Waals surface area contributed by atoms with Crippen molar-refractivity contribution in [3.8, 4) is 11.5 Å². The van der Waals surface area contributed by atoms with E-state index < -0.39 is 5.82 Å². The monoisotopic (exact) mass is 362 g/mol. The molecule has 0 aliphatic rings. The Morgan fingerprint density at radius 2 is 1.92 bits per heavy atom. The summed E-state index contributed by atoms with van der Waals surface area (Å²) in [6.07, 6.45) is 2.98. The topological polar surface area (TPSA) is 24.8 Å². The lowest BCUT2D eigenvalue weighted by molar-refractivity contribution is 0.452. The molecule has 2 aromatic carbocycles. The van der Waals surface area contributed by atoms with E-state index in [2.05, 4.69) is 23.7 Å². The average molecular weight is 363 g/mol. The average Bonchev–Trinajstić information content (AvgIpc) is 2.58. The molecule has 0 bridgehead atoms. The third kappa shape index (κ3) is 5.20. The number of hydrogen-bond acceptors (Lipinski definition) is 2. The van der Waals surface area contributed by atoms with E-state index >= 15 is 0 Å². The molecule has 5 heteroatoms. The number of benzene rings is 2. The molecule has 0 saturated carbocycles. The van der Waals surface area contributed by atoms with Gasteiger partial charge in [0.25, 0.3) is 0 Å². The molecule has 134 valence electrons. The maximum Gasteiger partial charge on any atom is 0.142 e. The van der Waals surface area contributed by atoms with Crippen molar-refractivity contribution in [3.05, 3.63) is 52.3 Å². The Hall–Kier alpha value is -2.07. The standard InChI is InChI=1S/C20H24ClFN2O/c1-5-9-24(6-2)13-23-19-10-15(4)20(11-14(19)3)25-16-7-8-18(22)17(21)12-16/h7-8,10-13H,5-6,9H2,1-4H3. The molecule has 0 saturated heterocycles. The van der Waals surface area contributed by atoms with Crippen LogP contribution in [0.25, 0.3) is 0 Å². The quantitative estimate of drug-likeness (QED) is 0.427. The van der Waals surface area contributed by atoms with E-state index in [4.69, 9.17) is 16.3 Å². The first kappa shape index (κ1) is 19.3. The van der Waals surface area contributed by atoms with Crippen molar-refractivity contribution < 1.29 is 9.13 Å². The van der Waals surface area contributed by atoms with Crippen LogP contribution in [0.5, 0.6) is 11.5 Å². The summed E-state index contributed by atoms with van der Waals surface area (Å²) in [5, 5.41) is 0.0451. The SMILES string of the molecule is CCCN(C=Nc1cc(C)c(Oc2ccc(F)c(Cl)c2)cc1C)CC. The summed E-state index contributed by atoms with van der Waals surface area (Å²) < 4.78 is 19.1. The van der Waals surface area contributed by atoms with E-state index in [1.165, 1.54) is 12.1 Å². The number of aryl methyl sites for hydroxylation is 2. The number of ether oxygens (including phenoxy) is 1. The third-order valence-corrected chi connectivity index (χ3v) is 4.18. The van der Waals surface area contributed by atoms with Gasteiger partial charge in [0.2, 0.25) is 0 Å². The zero-order valence-electron chi connectivity index (χ0n) is 15.1. The van der Waals surface area contributed by atoms with Crippen LogP contribution in [-0.2, 0) is 0 Å². The minimum Gasteiger partial charge on any atom is -0.457 e. The van der Waals surface area contributed by atoms with Gasteiger partial charge in [-0.1, -0.05) is 18.5 Å². The molecule has 0 N–H and O–H groups in total. The fourth-order valence-corrected chi connectivity index (χ4v) is 2.59. The van der Waals surface area contributed by atoms with Crippen molar-refractivity contribution in [2.24, 2.45) is 4.99 Å². The summed E-state index contributed by atoms with van der Waals surface area (Å²) in [5.74, 6) is 0.754. The highest BCUT2D eigenvalue weighted by molar-refractivity contribution is 6.30.